The second-order valence-electron chi connectivity index (χ2n) is 7.84. The standard InChI is InChI=1S/C25H19Br2ClN4O3/c1-13-3-6-18(12-19(13)28)29-23(33)22-11-15-10-17(27)5-8-21(15)32(22)31-25(35)24(34)30-20-7-4-16(26)9-14(20)2/h3-12H,1-2H3,(H,29,33)(H,30,34)(H,31,35). The van der Waals surface area contributed by atoms with Crippen molar-refractivity contribution >= 4 is 83.5 Å². The fourth-order valence-electron chi connectivity index (χ4n) is 3.44. The van der Waals surface area contributed by atoms with Crippen LogP contribution in [0.4, 0.5) is 11.4 Å². The zero-order chi connectivity index (χ0) is 25.3. The van der Waals surface area contributed by atoms with E-state index in [9.17, 15) is 14.4 Å². The lowest BCUT2D eigenvalue weighted by molar-refractivity contribution is -0.133. The van der Waals surface area contributed by atoms with E-state index in [-0.39, 0.29) is 5.69 Å². The van der Waals surface area contributed by atoms with Gasteiger partial charge in [0.15, 0.2) is 0 Å². The number of hydrogen-bond donors (Lipinski definition) is 3. The number of halogens is 3. The normalized spacial score (nSPS) is 10.8. The maximum atomic E-state index is 13.2. The molecule has 0 fully saturated rings. The third-order valence-electron chi connectivity index (χ3n) is 5.28. The average Bonchev–Trinajstić information content (AvgIpc) is 3.15. The van der Waals surface area contributed by atoms with Gasteiger partial charge in [-0.25, -0.2) is 4.68 Å². The van der Waals surface area contributed by atoms with Crippen molar-refractivity contribution in [2.45, 2.75) is 13.8 Å². The number of carbonyl (C=O) groups excluding carboxylic acids is 3. The maximum Gasteiger partial charge on any atom is 0.328 e. The van der Waals surface area contributed by atoms with Crippen molar-refractivity contribution in [2.24, 2.45) is 0 Å². The summed E-state index contributed by atoms with van der Waals surface area (Å²) in [6.07, 6.45) is 0. The molecule has 0 bridgehead atoms. The zero-order valence-corrected chi connectivity index (χ0v) is 22.5. The van der Waals surface area contributed by atoms with Crippen LogP contribution >= 0.6 is 43.5 Å². The van der Waals surface area contributed by atoms with Crippen molar-refractivity contribution in [3.8, 4) is 0 Å². The predicted octanol–water partition coefficient (Wildman–Crippen LogP) is 6.40. The molecule has 178 valence electrons. The number of aromatic nitrogens is 1. The minimum atomic E-state index is -0.930. The number of hydrogen-bond acceptors (Lipinski definition) is 3. The van der Waals surface area contributed by atoms with Crippen LogP contribution in [0.15, 0.2) is 69.6 Å². The number of amides is 3. The van der Waals surface area contributed by atoms with Crippen molar-refractivity contribution in [3.63, 3.8) is 0 Å². The van der Waals surface area contributed by atoms with E-state index in [0.717, 1.165) is 20.1 Å². The first kappa shape index (κ1) is 25.0. The maximum absolute atomic E-state index is 13.2. The van der Waals surface area contributed by atoms with E-state index in [4.69, 9.17) is 11.6 Å². The van der Waals surface area contributed by atoms with Crippen molar-refractivity contribution in [1.82, 2.24) is 4.68 Å². The van der Waals surface area contributed by atoms with E-state index >= 15 is 0 Å². The number of fused-ring (bicyclic) bond motifs is 1. The first-order valence-electron chi connectivity index (χ1n) is 10.4. The van der Waals surface area contributed by atoms with Gasteiger partial charge in [-0.05, 0) is 79.6 Å². The Hall–Kier alpha value is -3.14. The van der Waals surface area contributed by atoms with E-state index in [1.165, 1.54) is 4.68 Å². The Bertz CT molecular complexity index is 1500. The van der Waals surface area contributed by atoms with E-state index in [0.29, 0.717) is 27.3 Å². The average molecular weight is 619 g/mol. The molecule has 0 aliphatic heterocycles. The Balaban J connectivity index is 1.63. The molecule has 35 heavy (non-hydrogen) atoms. The lowest BCUT2D eigenvalue weighted by atomic mass is 10.2. The summed E-state index contributed by atoms with van der Waals surface area (Å²) in [4.78, 5) is 38.6. The first-order valence-corrected chi connectivity index (χ1v) is 12.4. The Morgan fingerprint density at radius 1 is 0.800 bits per heavy atom. The van der Waals surface area contributed by atoms with E-state index in [1.807, 2.05) is 26.0 Å². The fourth-order valence-corrected chi connectivity index (χ4v) is 4.47. The number of nitrogens with one attached hydrogen (secondary N) is 3. The summed E-state index contributed by atoms with van der Waals surface area (Å²) in [7, 11) is 0. The highest BCUT2D eigenvalue weighted by Gasteiger charge is 2.22. The molecule has 0 saturated carbocycles. The van der Waals surface area contributed by atoms with E-state index < -0.39 is 17.7 Å². The molecule has 7 nitrogen and oxygen atoms in total. The van der Waals surface area contributed by atoms with Gasteiger partial charge < -0.3 is 10.6 Å². The molecule has 4 aromatic rings. The highest BCUT2D eigenvalue weighted by atomic mass is 79.9. The van der Waals surface area contributed by atoms with Crippen LogP contribution in [-0.4, -0.2) is 22.4 Å². The summed E-state index contributed by atoms with van der Waals surface area (Å²) < 4.78 is 2.95. The quantitative estimate of drug-likeness (QED) is 0.231. The SMILES string of the molecule is Cc1ccc(NC(=O)c2cc3cc(Br)ccc3n2NC(=O)C(=O)Nc2ccc(Br)cc2C)cc1Cl. The smallest absolute Gasteiger partial charge is 0.321 e. The van der Waals surface area contributed by atoms with Crippen LogP contribution in [0.3, 0.4) is 0 Å². The third-order valence-corrected chi connectivity index (χ3v) is 6.68. The van der Waals surface area contributed by atoms with Gasteiger partial charge in [0.1, 0.15) is 5.69 Å². The largest absolute Gasteiger partial charge is 0.328 e. The van der Waals surface area contributed by atoms with Gasteiger partial charge in [-0.3, -0.25) is 19.8 Å². The molecular formula is C25H19Br2ClN4O3. The van der Waals surface area contributed by atoms with Crippen LogP contribution in [0.2, 0.25) is 5.02 Å². The van der Waals surface area contributed by atoms with Crippen LogP contribution in [0.1, 0.15) is 21.6 Å². The summed E-state index contributed by atoms with van der Waals surface area (Å²) in [6, 6.07) is 17.4. The number of carbonyl (C=O) groups is 3. The molecule has 0 saturated heterocycles. The van der Waals surface area contributed by atoms with E-state index in [2.05, 4.69) is 47.9 Å². The molecule has 0 spiro atoms. The van der Waals surface area contributed by atoms with Gasteiger partial charge in [-0.15, -0.1) is 0 Å². The van der Waals surface area contributed by atoms with Gasteiger partial charge in [-0.2, -0.15) is 0 Å². The van der Waals surface area contributed by atoms with Crippen molar-refractivity contribution in [3.05, 3.63) is 91.5 Å². The number of nitrogens with zero attached hydrogens (tertiary/aromatic N) is 1. The van der Waals surface area contributed by atoms with E-state index in [1.54, 1.807) is 48.5 Å². The van der Waals surface area contributed by atoms with Crippen LogP contribution in [0.5, 0.6) is 0 Å². The molecule has 0 unspecified atom stereocenters. The van der Waals surface area contributed by atoms with Crippen LogP contribution in [0.25, 0.3) is 10.9 Å². The highest BCUT2D eigenvalue weighted by molar-refractivity contribution is 9.10. The van der Waals surface area contributed by atoms with Gasteiger partial charge in [0.05, 0.1) is 5.52 Å². The predicted molar refractivity (Wildman–Crippen MR) is 146 cm³/mol. The molecule has 0 aliphatic rings. The molecule has 4 rings (SSSR count). The third kappa shape index (κ3) is 5.58. The van der Waals surface area contributed by atoms with Gasteiger partial charge in [-0.1, -0.05) is 49.5 Å². The molecule has 0 radical (unpaired) electrons. The number of benzene rings is 3. The molecule has 3 amide bonds. The van der Waals surface area contributed by atoms with Gasteiger partial charge in [0.2, 0.25) is 0 Å². The fraction of sp³-hybridized carbons (Fsp3) is 0.0800. The lowest BCUT2D eigenvalue weighted by Gasteiger charge is -2.14. The number of anilines is 2. The second-order valence-corrected chi connectivity index (χ2v) is 10.1. The highest BCUT2D eigenvalue weighted by Crippen LogP contribution is 2.25. The topological polar surface area (TPSA) is 92.2 Å². The summed E-state index contributed by atoms with van der Waals surface area (Å²) in [5.74, 6) is -2.28. The van der Waals surface area contributed by atoms with Crippen molar-refractivity contribution in [2.75, 3.05) is 16.1 Å². The zero-order valence-electron chi connectivity index (χ0n) is 18.6. The summed E-state index contributed by atoms with van der Waals surface area (Å²) in [6.45, 7) is 3.68. The molecule has 1 heterocycles. The molecule has 10 heteroatoms. The molecule has 3 aromatic carbocycles. The van der Waals surface area contributed by atoms with Gasteiger partial charge >= 0.3 is 11.8 Å². The molecule has 0 aliphatic carbocycles. The van der Waals surface area contributed by atoms with Crippen molar-refractivity contribution < 1.29 is 14.4 Å². The lowest BCUT2D eigenvalue weighted by Crippen LogP contribution is -2.36. The van der Waals surface area contributed by atoms with Crippen LogP contribution in [-0.2, 0) is 9.59 Å². The van der Waals surface area contributed by atoms with Crippen LogP contribution in [0, 0.1) is 13.8 Å². The monoisotopic (exact) mass is 616 g/mol. The molecule has 0 atom stereocenters. The molecule has 1 aromatic heterocycles. The molecular weight excluding hydrogens is 600 g/mol. The number of rotatable bonds is 4. The van der Waals surface area contributed by atoms with Crippen LogP contribution < -0.4 is 16.1 Å². The second kappa shape index (κ2) is 10.2. The van der Waals surface area contributed by atoms with Crippen molar-refractivity contribution in [1.29, 1.82) is 0 Å². The molecule has 3 N–H and O–H groups in total. The summed E-state index contributed by atoms with van der Waals surface area (Å²) >= 11 is 13.0. The van der Waals surface area contributed by atoms with Gasteiger partial charge in [0, 0.05) is 30.7 Å². The Labute approximate surface area is 223 Å². The Morgan fingerprint density at radius 3 is 2.23 bits per heavy atom. The first-order chi connectivity index (χ1) is 16.6. The minimum Gasteiger partial charge on any atom is -0.321 e. The number of aryl methyl sites for hydroxylation is 2. The minimum absolute atomic E-state index is 0.135. The van der Waals surface area contributed by atoms with Gasteiger partial charge in [0.25, 0.3) is 5.91 Å². The summed E-state index contributed by atoms with van der Waals surface area (Å²) in [5, 5.41) is 6.59. The summed E-state index contributed by atoms with van der Waals surface area (Å²) in [5.41, 5.74) is 5.89. The Morgan fingerprint density at radius 2 is 1.51 bits per heavy atom. The Kier molecular flexibility index (Phi) is 7.30.